The average Bonchev–Trinajstić information content (AvgIpc) is 3.00. The van der Waals surface area contributed by atoms with E-state index >= 15 is 0 Å². The van der Waals surface area contributed by atoms with E-state index in [0.717, 1.165) is 26.3 Å². The Kier molecular flexibility index (Phi) is 5.00. The first kappa shape index (κ1) is 15.8. The fourth-order valence-electron chi connectivity index (χ4n) is 1.92. The molecular formula is C15H12ClIN4S. The van der Waals surface area contributed by atoms with Crippen LogP contribution >= 0.6 is 46.0 Å². The van der Waals surface area contributed by atoms with Gasteiger partial charge in [-0.05, 0) is 53.4 Å². The summed E-state index contributed by atoms with van der Waals surface area (Å²) in [7, 11) is 0. The van der Waals surface area contributed by atoms with Crippen molar-refractivity contribution in [1.29, 1.82) is 0 Å². The number of hydrogen-bond donors (Lipinski definition) is 0. The maximum atomic E-state index is 6.55. The van der Waals surface area contributed by atoms with Crippen LogP contribution in [0, 0.1) is 3.57 Å². The van der Waals surface area contributed by atoms with Crippen LogP contribution in [0.4, 0.5) is 0 Å². The van der Waals surface area contributed by atoms with Gasteiger partial charge in [0.1, 0.15) is 0 Å². The van der Waals surface area contributed by atoms with Gasteiger partial charge in [0.25, 0.3) is 0 Å². The van der Waals surface area contributed by atoms with E-state index in [4.69, 9.17) is 11.6 Å². The first-order valence-corrected chi connectivity index (χ1v) is 8.92. The molecule has 3 rings (SSSR count). The van der Waals surface area contributed by atoms with Crippen LogP contribution in [-0.2, 0) is 6.54 Å². The van der Waals surface area contributed by atoms with E-state index in [9.17, 15) is 0 Å². The van der Waals surface area contributed by atoms with Crippen LogP contribution < -0.4 is 0 Å². The van der Waals surface area contributed by atoms with Gasteiger partial charge in [-0.2, -0.15) is 5.10 Å². The minimum Gasteiger partial charge on any atom is -0.272 e. The molecule has 0 unspecified atom stereocenters. The van der Waals surface area contributed by atoms with Crippen molar-refractivity contribution in [3.05, 3.63) is 51.4 Å². The highest BCUT2D eigenvalue weighted by Crippen LogP contribution is 2.37. The molecule has 7 heteroatoms. The van der Waals surface area contributed by atoms with Gasteiger partial charge in [-0.15, -0.1) is 0 Å². The average molecular weight is 443 g/mol. The molecule has 0 amide bonds. The Morgan fingerprint density at radius 2 is 2.00 bits per heavy atom. The summed E-state index contributed by atoms with van der Waals surface area (Å²) in [5.41, 5.74) is 1.79. The summed E-state index contributed by atoms with van der Waals surface area (Å²) in [5.74, 6) is 0. The Morgan fingerprint density at radius 3 is 2.68 bits per heavy atom. The van der Waals surface area contributed by atoms with E-state index in [1.54, 1.807) is 12.4 Å². The van der Waals surface area contributed by atoms with Crippen molar-refractivity contribution in [1.82, 2.24) is 19.7 Å². The van der Waals surface area contributed by atoms with Crippen LogP contribution in [0.1, 0.15) is 6.92 Å². The summed E-state index contributed by atoms with van der Waals surface area (Å²) >= 11 is 10.2. The topological polar surface area (TPSA) is 43.6 Å². The molecule has 112 valence electrons. The molecule has 2 aromatic heterocycles. The standard InChI is InChI=1S/C15H12ClIN4S/c1-2-21-7-6-12(20-21)11-4-3-5-13(14(11)16)22-15-18-8-10(17)9-19-15/h3-9H,2H2,1H3. The summed E-state index contributed by atoms with van der Waals surface area (Å²) in [6.45, 7) is 2.89. The third-order valence-electron chi connectivity index (χ3n) is 3.00. The second-order valence-corrected chi connectivity index (χ2v) is 7.09. The Morgan fingerprint density at radius 1 is 1.23 bits per heavy atom. The van der Waals surface area contributed by atoms with E-state index < -0.39 is 0 Å². The van der Waals surface area contributed by atoms with Crippen molar-refractivity contribution in [2.75, 3.05) is 0 Å². The molecule has 0 aliphatic carbocycles. The molecule has 2 heterocycles. The van der Waals surface area contributed by atoms with Gasteiger partial charge in [-0.25, -0.2) is 9.97 Å². The molecule has 0 spiro atoms. The smallest absolute Gasteiger partial charge is 0.192 e. The zero-order valence-electron chi connectivity index (χ0n) is 11.7. The monoisotopic (exact) mass is 442 g/mol. The highest BCUT2D eigenvalue weighted by molar-refractivity contribution is 14.1. The zero-order valence-corrected chi connectivity index (χ0v) is 15.4. The Balaban J connectivity index is 1.93. The third-order valence-corrected chi connectivity index (χ3v) is 5.03. The third kappa shape index (κ3) is 3.44. The van der Waals surface area contributed by atoms with Gasteiger partial charge < -0.3 is 0 Å². The molecule has 0 saturated heterocycles. The summed E-state index contributed by atoms with van der Waals surface area (Å²) < 4.78 is 2.89. The van der Waals surface area contributed by atoms with Crippen molar-refractivity contribution < 1.29 is 0 Å². The van der Waals surface area contributed by atoms with Crippen LogP contribution in [0.5, 0.6) is 0 Å². The van der Waals surface area contributed by atoms with Crippen molar-refractivity contribution >= 4 is 46.0 Å². The number of hydrogen-bond acceptors (Lipinski definition) is 4. The van der Waals surface area contributed by atoms with Gasteiger partial charge in [-0.3, -0.25) is 4.68 Å². The van der Waals surface area contributed by atoms with Crippen LogP contribution in [0.2, 0.25) is 5.02 Å². The fraction of sp³-hybridized carbons (Fsp3) is 0.133. The van der Waals surface area contributed by atoms with Crippen molar-refractivity contribution in [2.45, 2.75) is 23.5 Å². The summed E-state index contributed by atoms with van der Waals surface area (Å²) in [4.78, 5) is 9.52. The zero-order chi connectivity index (χ0) is 15.5. The van der Waals surface area contributed by atoms with Gasteiger partial charge in [-0.1, -0.05) is 23.7 Å². The fourth-order valence-corrected chi connectivity index (χ4v) is 3.29. The SMILES string of the molecule is CCn1ccc(-c2cccc(Sc3ncc(I)cn3)c2Cl)n1. The van der Waals surface area contributed by atoms with E-state index in [1.807, 2.05) is 35.1 Å². The normalized spacial score (nSPS) is 10.9. The van der Waals surface area contributed by atoms with Gasteiger partial charge in [0, 0.05) is 39.2 Å². The maximum absolute atomic E-state index is 6.55. The van der Waals surface area contributed by atoms with Crippen LogP contribution in [-0.4, -0.2) is 19.7 Å². The van der Waals surface area contributed by atoms with Crippen LogP contribution in [0.3, 0.4) is 0 Å². The Labute approximate surface area is 151 Å². The molecular weight excluding hydrogens is 431 g/mol. The molecule has 0 radical (unpaired) electrons. The van der Waals surface area contributed by atoms with E-state index in [2.05, 4.69) is 44.6 Å². The molecule has 0 N–H and O–H groups in total. The highest BCUT2D eigenvalue weighted by atomic mass is 127. The lowest BCUT2D eigenvalue weighted by atomic mass is 10.1. The predicted octanol–water partition coefficient (Wildman–Crippen LogP) is 4.77. The molecule has 22 heavy (non-hydrogen) atoms. The van der Waals surface area contributed by atoms with E-state index in [0.29, 0.717) is 10.2 Å². The molecule has 1 aromatic carbocycles. The van der Waals surface area contributed by atoms with E-state index in [1.165, 1.54) is 11.8 Å². The van der Waals surface area contributed by atoms with Gasteiger partial charge in [0.05, 0.1) is 10.7 Å². The van der Waals surface area contributed by atoms with Gasteiger partial charge >= 0.3 is 0 Å². The molecule has 4 nitrogen and oxygen atoms in total. The van der Waals surface area contributed by atoms with Crippen LogP contribution in [0.25, 0.3) is 11.3 Å². The largest absolute Gasteiger partial charge is 0.272 e. The van der Waals surface area contributed by atoms with Crippen molar-refractivity contribution in [3.8, 4) is 11.3 Å². The molecule has 0 bridgehead atoms. The Hall–Kier alpha value is -1.12. The van der Waals surface area contributed by atoms with Gasteiger partial charge in [0.2, 0.25) is 0 Å². The van der Waals surface area contributed by atoms with Crippen molar-refractivity contribution in [2.24, 2.45) is 0 Å². The lowest BCUT2D eigenvalue weighted by Crippen LogP contribution is -1.94. The number of benzene rings is 1. The summed E-state index contributed by atoms with van der Waals surface area (Å²) in [6, 6.07) is 7.89. The number of nitrogens with zero attached hydrogens (tertiary/aromatic N) is 4. The van der Waals surface area contributed by atoms with Gasteiger partial charge in [0.15, 0.2) is 5.16 Å². The predicted molar refractivity (Wildman–Crippen MR) is 97.2 cm³/mol. The summed E-state index contributed by atoms with van der Waals surface area (Å²) in [5, 5.41) is 5.87. The first-order valence-electron chi connectivity index (χ1n) is 6.65. The molecule has 3 aromatic rings. The highest BCUT2D eigenvalue weighted by Gasteiger charge is 2.12. The van der Waals surface area contributed by atoms with E-state index in [-0.39, 0.29) is 0 Å². The molecule has 0 saturated carbocycles. The Bertz CT molecular complexity index is 788. The summed E-state index contributed by atoms with van der Waals surface area (Å²) in [6.07, 6.45) is 5.53. The maximum Gasteiger partial charge on any atom is 0.192 e. The molecule has 0 aliphatic heterocycles. The minimum absolute atomic E-state index is 0.677. The number of aromatic nitrogens is 4. The molecule has 0 atom stereocenters. The number of halogens is 2. The number of rotatable bonds is 4. The minimum atomic E-state index is 0.677. The van der Waals surface area contributed by atoms with Crippen LogP contribution in [0.15, 0.2) is 52.9 Å². The first-order chi connectivity index (χ1) is 10.7. The lowest BCUT2D eigenvalue weighted by Gasteiger charge is -2.07. The second-order valence-electron chi connectivity index (χ2n) is 4.46. The molecule has 0 aliphatic rings. The quantitative estimate of drug-likeness (QED) is 0.431. The number of aryl methyl sites for hydroxylation is 1. The molecule has 0 fully saturated rings. The second kappa shape index (κ2) is 6.97. The lowest BCUT2D eigenvalue weighted by molar-refractivity contribution is 0.662. The van der Waals surface area contributed by atoms with Crippen molar-refractivity contribution in [3.63, 3.8) is 0 Å².